The average molecular weight is 249 g/mol. The lowest BCUT2D eigenvalue weighted by atomic mass is 9.78. The lowest BCUT2D eigenvalue weighted by Gasteiger charge is -2.13. The molecule has 0 bridgehead atoms. The first kappa shape index (κ1) is 11.4. The Labute approximate surface area is 104 Å². The van der Waals surface area contributed by atoms with Crippen LogP contribution in [0, 0.1) is 0 Å². The number of nitrogens with one attached hydrogen (secondary N) is 1. The third-order valence-corrected chi connectivity index (χ3v) is 3.02. The maximum absolute atomic E-state index is 10.5. The molecule has 2 aliphatic rings. The zero-order chi connectivity index (χ0) is 12.5. The number of ether oxygens (including phenoxy) is 1. The van der Waals surface area contributed by atoms with Crippen molar-refractivity contribution in [3.63, 3.8) is 0 Å². The molecule has 0 aromatic heterocycles. The largest absolute Gasteiger partial charge is 0.498 e. The van der Waals surface area contributed by atoms with Gasteiger partial charge in [-0.05, 0) is 11.6 Å². The van der Waals surface area contributed by atoms with E-state index in [1.54, 1.807) is 0 Å². The van der Waals surface area contributed by atoms with Gasteiger partial charge in [-0.3, -0.25) is 0 Å². The van der Waals surface area contributed by atoms with E-state index < -0.39 is 13.2 Å². The maximum Gasteiger partial charge on any atom is 0.498 e. The van der Waals surface area contributed by atoms with Gasteiger partial charge in [0, 0.05) is 12.0 Å². The van der Waals surface area contributed by atoms with Gasteiger partial charge in [0.05, 0.1) is 12.7 Å². The Balaban J connectivity index is 1.90. The summed E-state index contributed by atoms with van der Waals surface area (Å²) < 4.78 is 16.8. The van der Waals surface area contributed by atoms with Gasteiger partial charge < -0.3 is 24.5 Å². The zero-order valence-electron chi connectivity index (χ0n) is 9.59. The van der Waals surface area contributed by atoms with Crippen molar-refractivity contribution in [2.75, 3.05) is 19.8 Å². The molecule has 1 aromatic carbocycles. The highest BCUT2D eigenvalue weighted by Gasteiger charge is 2.41. The van der Waals surface area contributed by atoms with E-state index in [1.165, 1.54) is 0 Å². The first-order valence-corrected chi connectivity index (χ1v) is 5.75. The fraction of sp³-hybridized carbons (Fsp3) is 0.364. The molecule has 0 fully saturated rings. The Hall–Kier alpha value is -1.73. The van der Waals surface area contributed by atoms with Crippen LogP contribution in [0.1, 0.15) is 11.7 Å². The Morgan fingerprint density at radius 3 is 3.22 bits per heavy atom. The van der Waals surface area contributed by atoms with Crippen LogP contribution < -0.4 is 15.5 Å². The van der Waals surface area contributed by atoms with Crippen molar-refractivity contribution in [1.29, 1.82) is 0 Å². The summed E-state index contributed by atoms with van der Waals surface area (Å²) in [5, 5.41) is 11.0. The van der Waals surface area contributed by atoms with Crippen LogP contribution in [0.4, 0.5) is 4.79 Å². The SMILES string of the molecule is O=C(O)NCC1OB2OCCOc3cccc1c32. The second-order valence-corrected chi connectivity index (χ2v) is 4.12. The van der Waals surface area contributed by atoms with Crippen molar-refractivity contribution in [3.8, 4) is 5.75 Å². The third kappa shape index (κ3) is 1.91. The van der Waals surface area contributed by atoms with Crippen LogP contribution in [-0.4, -0.2) is 38.1 Å². The molecule has 3 rings (SSSR count). The number of carboxylic acid groups (broad SMARTS) is 1. The van der Waals surface area contributed by atoms with E-state index >= 15 is 0 Å². The monoisotopic (exact) mass is 249 g/mol. The molecule has 1 atom stereocenters. The zero-order valence-corrected chi connectivity index (χ0v) is 9.59. The summed E-state index contributed by atoms with van der Waals surface area (Å²) in [5.41, 5.74) is 1.81. The van der Waals surface area contributed by atoms with Gasteiger partial charge in [0.15, 0.2) is 0 Å². The number of hydrogen-bond donors (Lipinski definition) is 2. The van der Waals surface area contributed by atoms with Crippen molar-refractivity contribution in [1.82, 2.24) is 5.32 Å². The summed E-state index contributed by atoms with van der Waals surface area (Å²) in [5.74, 6) is 0.757. The molecule has 2 aliphatic heterocycles. The standard InChI is InChI=1S/C11H12BNO5/c14-11(15)13-6-9-7-2-1-3-8-10(7)12(18-9)17-5-4-16-8/h1-3,9,13H,4-6H2,(H,14,15). The molecule has 18 heavy (non-hydrogen) atoms. The molecule has 1 aromatic rings. The molecule has 0 saturated heterocycles. The molecule has 6 nitrogen and oxygen atoms in total. The second kappa shape index (κ2) is 4.51. The van der Waals surface area contributed by atoms with Crippen LogP contribution in [0.15, 0.2) is 18.2 Å². The smallest absolute Gasteiger partial charge is 0.492 e. The van der Waals surface area contributed by atoms with Crippen LogP contribution in [-0.2, 0) is 9.31 Å². The molecular formula is C11H12BNO5. The highest BCUT2D eigenvalue weighted by Crippen LogP contribution is 2.29. The Bertz CT molecular complexity index is 481. The maximum atomic E-state index is 10.5. The van der Waals surface area contributed by atoms with Crippen molar-refractivity contribution in [2.45, 2.75) is 6.10 Å². The van der Waals surface area contributed by atoms with Crippen molar-refractivity contribution in [2.24, 2.45) is 0 Å². The first-order valence-electron chi connectivity index (χ1n) is 5.75. The van der Waals surface area contributed by atoms with Gasteiger partial charge in [-0.1, -0.05) is 12.1 Å². The normalized spacial score (nSPS) is 20.9. The Morgan fingerprint density at radius 2 is 2.39 bits per heavy atom. The first-order chi connectivity index (χ1) is 8.75. The fourth-order valence-electron chi connectivity index (χ4n) is 2.28. The summed E-state index contributed by atoms with van der Waals surface area (Å²) in [6.07, 6.45) is -1.40. The molecule has 94 valence electrons. The van der Waals surface area contributed by atoms with Crippen LogP contribution in [0.5, 0.6) is 5.75 Å². The number of benzene rings is 1. The second-order valence-electron chi connectivity index (χ2n) is 4.12. The predicted molar refractivity (Wildman–Crippen MR) is 63.1 cm³/mol. The lowest BCUT2D eigenvalue weighted by molar-refractivity contribution is 0.138. The average Bonchev–Trinajstić information content (AvgIpc) is 2.57. The lowest BCUT2D eigenvalue weighted by Crippen LogP contribution is -2.32. The van der Waals surface area contributed by atoms with Crippen LogP contribution in [0.25, 0.3) is 0 Å². The van der Waals surface area contributed by atoms with E-state index in [1.807, 2.05) is 18.2 Å². The minimum atomic E-state index is -1.07. The minimum absolute atomic E-state index is 0.200. The molecule has 0 radical (unpaired) electrons. The van der Waals surface area contributed by atoms with Crippen molar-refractivity contribution in [3.05, 3.63) is 23.8 Å². The Kier molecular flexibility index (Phi) is 2.85. The van der Waals surface area contributed by atoms with Crippen LogP contribution in [0.3, 0.4) is 0 Å². The molecule has 0 saturated carbocycles. The summed E-state index contributed by atoms with van der Waals surface area (Å²) in [6.45, 7) is 1.15. The van der Waals surface area contributed by atoms with Gasteiger partial charge in [0.1, 0.15) is 12.4 Å². The molecule has 1 amide bonds. The topological polar surface area (TPSA) is 77.0 Å². The molecule has 1 unspecified atom stereocenters. The van der Waals surface area contributed by atoms with E-state index in [0.29, 0.717) is 13.2 Å². The van der Waals surface area contributed by atoms with Crippen molar-refractivity contribution < 1.29 is 23.9 Å². The molecule has 0 aliphatic carbocycles. The van der Waals surface area contributed by atoms with Gasteiger partial charge in [0.25, 0.3) is 0 Å². The van der Waals surface area contributed by atoms with Gasteiger partial charge in [-0.25, -0.2) is 4.79 Å². The van der Waals surface area contributed by atoms with Gasteiger partial charge in [0.2, 0.25) is 0 Å². The Morgan fingerprint density at radius 1 is 1.50 bits per heavy atom. The van der Waals surface area contributed by atoms with Gasteiger partial charge >= 0.3 is 13.2 Å². The number of rotatable bonds is 2. The number of carbonyl (C=O) groups is 1. The summed E-state index contributed by atoms with van der Waals surface area (Å²) in [7, 11) is -0.459. The van der Waals surface area contributed by atoms with E-state index in [2.05, 4.69) is 5.32 Å². The van der Waals surface area contributed by atoms with Crippen molar-refractivity contribution >= 4 is 18.7 Å². The molecule has 0 spiro atoms. The van der Waals surface area contributed by atoms with E-state index in [0.717, 1.165) is 16.8 Å². The molecular weight excluding hydrogens is 237 g/mol. The quantitative estimate of drug-likeness (QED) is 0.728. The van der Waals surface area contributed by atoms with Crippen LogP contribution in [0.2, 0.25) is 0 Å². The molecule has 2 heterocycles. The summed E-state index contributed by atoms with van der Waals surface area (Å²) in [4.78, 5) is 10.5. The van der Waals surface area contributed by atoms with Gasteiger partial charge in [-0.2, -0.15) is 0 Å². The fourth-order valence-corrected chi connectivity index (χ4v) is 2.28. The highest BCUT2D eigenvalue weighted by molar-refractivity contribution is 6.64. The summed E-state index contributed by atoms with van der Waals surface area (Å²) in [6, 6.07) is 5.65. The van der Waals surface area contributed by atoms with E-state index in [-0.39, 0.29) is 12.6 Å². The number of amides is 1. The van der Waals surface area contributed by atoms with Gasteiger partial charge in [-0.15, -0.1) is 0 Å². The predicted octanol–water partition coefficient (Wildman–Crippen LogP) is 0.130. The number of hydrogen-bond acceptors (Lipinski definition) is 4. The highest BCUT2D eigenvalue weighted by atomic mass is 16.6. The minimum Gasteiger partial charge on any atom is -0.492 e. The van der Waals surface area contributed by atoms with Crippen LogP contribution >= 0.6 is 0 Å². The molecule has 7 heteroatoms. The summed E-state index contributed by atoms with van der Waals surface area (Å²) >= 11 is 0. The third-order valence-electron chi connectivity index (χ3n) is 3.02. The van der Waals surface area contributed by atoms with E-state index in [4.69, 9.17) is 19.2 Å². The van der Waals surface area contributed by atoms with E-state index in [9.17, 15) is 4.79 Å². The molecule has 2 N–H and O–H groups in total.